The number of ether oxygens (including phenoxy) is 4. The molecule has 0 radical (unpaired) electrons. The number of benzene rings is 4. The van der Waals surface area contributed by atoms with Crippen LogP contribution in [0, 0.1) is 0 Å². The smallest absolute Gasteiger partial charge is 0.408 e. The van der Waals surface area contributed by atoms with E-state index in [1.165, 1.54) is 0 Å². The van der Waals surface area contributed by atoms with Crippen molar-refractivity contribution >= 4 is 18.3 Å². The normalized spacial score (nSPS) is 13.1. The van der Waals surface area contributed by atoms with Gasteiger partial charge in [0, 0.05) is 0 Å². The van der Waals surface area contributed by atoms with Gasteiger partial charge >= 0.3 is 12.2 Å². The molecule has 0 saturated heterocycles. The average Bonchev–Trinajstić information content (AvgIpc) is 3.05. The number of amides is 2. The van der Waals surface area contributed by atoms with E-state index >= 15 is 0 Å². The van der Waals surface area contributed by atoms with Gasteiger partial charge in [0.2, 0.25) is 0 Å². The van der Waals surface area contributed by atoms with Crippen LogP contribution in [0.15, 0.2) is 127 Å². The molecule has 8 nitrogen and oxygen atoms in total. The summed E-state index contributed by atoms with van der Waals surface area (Å²) >= 11 is 0. The molecular weight excluding hydrogens is 544 g/mol. The van der Waals surface area contributed by atoms with Crippen molar-refractivity contribution in [2.75, 3.05) is 6.61 Å². The second kappa shape index (κ2) is 17.1. The van der Waals surface area contributed by atoms with Crippen LogP contribution in [0.4, 0.5) is 9.59 Å². The number of rotatable bonds is 15. The van der Waals surface area contributed by atoms with Crippen LogP contribution in [0.1, 0.15) is 22.3 Å². The molecule has 0 aliphatic carbocycles. The minimum Gasteiger partial charge on any atom is -0.447 e. The van der Waals surface area contributed by atoms with Gasteiger partial charge in [0.05, 0.1) is 19.3 Å². The molecule has 0 aliphatic rings. The second-order valence-electron chi connectivity index (χ2n) is 9.73. The van der Waals surface area contributed by atoms with E-state index in [2.05, 4.69) is 5.32 Å². The zero-order valence-corrected chi connectivity index (χ0v) is 23.8. The summed E-state index contributed by atoms with van der Waals surface area (Å²) in [4.78, 5) is 24.8. The van der Waals surface area contributed by atoms with Crippen LogP contribution in [0.25, 0.3) is 6.08 Å². The molecule has 0 aromatic heterocycles. The van der Waals surface area contributed by atoms with Gasteiger partial charge in [-0.05, 0) is 22.3 Å². The van der Waals surface area contributed by atoms with Crippen LogP contribution < -0.4 is 11.1 Å². The van der Waals surface area contributed by atoms with E-state index in [0.29, 0.717) is 0 Å². The Morgan fingerprint density at radius 2 is 1.14 bits per heavy atom. The molecule has 0 fully saturated rings. The predicted molar refractivity (Wildman–Crippen MR) is 165 cm³/mol. The van der Waals surface area contributed by atoms with Crippen molar-refractivity contribution in [3.63, 3.8) is 0 Å². The molecule has 0 saturated carbocycles. The number of nitrogens with one attached hydrogen (secondary N) is 1. The average molecular weight is 581 g/mol. The Morgan fingerprint density at radius 3 is 1.67 bits per heavy atom. The van der Waals surface area contributed by atoms with Crippen molar-refractivity contribution in [2.45, 2.75) is 38.1 Å². The maximum Gasteiger partial charge on any atom is 0.408 e. The summed E-state index contributed by atoms with van der Waals surface area (Å²) in [5.74, 6) is 0. The summed E-state index contributed by atoms with van der Waals surface area (Å²) in [5.41, 5.74) is 8.95. The fourth-order valence-corrected chi connectivity index (χ4v) is 4.31. The molecule has 0 unspecified atom stereocenters. The van der Waals surface area contributed by atoms with Crippen LogP contribution in [-0.2, 0) is 38.8 Å². The van der Waals surface area contributed by atoms with Crippen molar-refractivity contribution in [1.29, 1.82) is 0 Å². The lowest BCUT2D eigenvalue weighted by Gasteiger charge is -2.32. The largest absolute Gasteiger partial charge is 0.447 e. The molecule has 2 amide bonds. The highest BCUT2D eigenvalue weighted by molar-refractivity contribution is 5.68. The molecule has 8 heteroatoms. The van der Waals surface area contributed by atoms with Crippen molar-refractivity contribution in [2.24, 2.45) is 5.73 Å². The highest BCUT2D eigenvalue weighted by Crippen LogP contribution is 2.18. The third-order valence-corrected chi connectivity index (χ3v) is 6.50. The Morgan fingerprint density at radius 1 is 0.651 bits per heavy atom. The van der Waals surface area contributed by atoms with Crippen LogP contribution >= 0.6 is 0 Å². The molecule has 4 aromatic carbocycles. The monoisotopic (exact) mass is 580 g/mol. The summed E-state index contributed by atoms with van der Waals surface area (Å²) in [7, 11) is 0. The van der Waals surface area contributed by atoms with Crippen molar-refractivity contribution < 1.29 is 28.5 Å². The zero-order chi connectivity index (χ0) is 30.1. The van der Waals surface area contributed by atoms with Gasteiger partial charge < -0.3 is 30.0 Å². The van der Waals surface area contributed by atoms with Gasteiger partial charge in [-0.1, -0.05) is 133 Å². The summed E-state index contributed by atoms with van der Waals surface area (Å²) in [5, 5.41) is 2.94. The van der Waals surface area contributed by atoms with E-state index in [-0.39, 0.29) is 26.4 Å². The minimum absolute atomic E-state index is 0.0933. The molecule has 43 heavy (non-hydrogen) atoms. The lowest BCUT2D eigenvalue weighted by molar-refractivity contribution is -0.111. The van der Waals surface area contributed by atoms with Gasteiger partial charge in [-0.15, -0.1) is 0 Å². The first-order valence-corrected chi connectivity index (χ1v) is 14.0. The van der Waals surface area contributed by atoms with Gasteiger partial charge in [0.25, 0.3) is 0 Å². The van der Waals surface area contributed by atoms with E-state index in [9.17, 15) is 9.59 Å². The summed E-state index contributed by atoms with van der Waals surface area (Å²) in [6.07, 6.45) is 0.491. The number of primary amides is 1. The molecule has 222 valence electrons. The van der Waals surface area contributed by atoms with E-state index in [4.69, 9.17) is 24.7 Å². The standard InChI is InChI=1S/C35H36N2O6/c36-34(38)42-26-32(40-23-28-15-7-2-8-16-28)33(41-24-29-17-9-3-10-18-29)31(22-21-27-13-5-1-6-14-27)37-35(39)43-25-30-19-11-4-12-20-30/h1-22,31-33H,23-26H2,(H2,36,38)(H,37,39)/b22-21-/t31-,32+,33+/m1/s1. The second-order valence-corrected chi connectivity index (χ2v) is 9.73. The molecule has 0 aliphatic heterocycles. The number of nitrogens with two attached hydrogens (primary N) is 1. The molecule has 3 N–H and O–H groups in total. The van der Waals surface area contributed by atoms with Gasteiger partial charge in [-0.25, -0.2) is 9.59 Å². The van der Waals surface area contributed by atoms with E-state index in [1.54, 1.807) is 0 Å². The Balaban J connectivity index is 1.62. The van der Waals surface area contributed by atoms with E-state index in [0.717, 1.165) is 22.3 Å². The Bertz CT molecular complexity index is 1400. The third kappa shape index (κ3) is 11.1. The van der Waals surface area contributed by atoms with Crippen LogP contribution in [0.2, 0.25) is 0 Å². The van der Waals surface area contributed by atoms with E-state index in [1.807, 2.05) is 133 Å². The number of carbonyl (C=O) groups excluding carboxylic acids is 2. The molecule has 0 bridgehead atoms. The molecule has 4 aromatic rings. The topological polar surface area (TPSA) is 109 Å². The van der Waals surface area contributed by atoms with Crippen LogP contribution in [-0.4, -0.2) is 37.0 Å². The first-order valence-electron chi connectivity index (χ1n) is 14.0. The Kier molecular flexibility index (Phi) is 12.4. The number of hydrogen-bond donors (Lipinski definition) is 2. The Hall–Kier alpha value is -4.92. The maximum atomic E-state index is 13.1. The fourth-order valence-electron chi connectivity index (χ4n) is 4.31. The summed E-state index contributed by atoms with van der Waals surface area (Å²) < 4.78 is 23.5. The lowest BCUT2D eigenvalue weighted by Crippen LogP contribution is -2.51. The summed E-state index contributed by atoms with van der Waals surface area (Å²) in [6.45, 7) is 0.324. The fraction of sp³-hybridized carbons (Fsp3) is 0.200. The van der Waals surface area contributed by atoms with Crippen molar-refractivity contribution in [1.82, 2.24) is 5.32 Å². The van der Waals surface area contributed by atoms with Crippen molar-refractivity contribution in [3.05, 3.63) is 150 Å². The number of hydrogen-bond acceptors (Lipinski definition) is 6. The SMILES string of the molecule is NC(=O)OC[C@H](OCc1ccccc1)[C@@H](OCc1ccccc1)[C@@H](/C=C\c1ccccc1)NC(=O)OCc1ccccc1. The molecule has 0 heterocycles. The van der Waals surface area contributed by atoms with Crippen LogP contribution in [0.5, 0.6) is 0 Å². The number of carbonyl (C=O) groups is 2. The quantitative estimate of drug-likeness (QED) is 0.172. The highest BCUT2D eigenvalue weighted by atomic mass is 16.6. The first-order chi connectivity index (χ1) is 21.1. The summed E-state index contributed by atoms with van der Waals surface area (Å²) in [6, 6.07) is 37.5. The van der Waals surface area contributed by atoms with Crippen molar-refractivity contribution in [3.8, 4) is 0 Å². The minimum atomic E-state index is -0.943. The highest BCUT2D eigenvalue weighted by Gasteiger charge is 2.33. The predicted octanol–water partition coefficient (Wildman–Crippen LogP) is 6.26. The van der Waals surface area contributed by atoms with Gasteiger partial charge in [-0.2, -0.15) is 0 Å². The van der Waals surface area contributed by atoms with Crippen LogP contribution in [0.3, 0.4) is 0 Å². The van der Waals surface area contributed by atoms with Gasteiger partial charge in [0.15, 0.2) is 0 Å². The Labute approximate surface area is 252 Å². The lowest BCUT2D eigenvalue weighted by atomic mass is 10.0. The molecule has 4 rings (SSSR count). The number of alkyl carbamates (subject to hydrolysis) is 1. The molecular formula is C35H36N2O6. The zero-order valence-electron chi connectivity index (χ0n) is 23.8. The first kappa shape index (κ1) is 31.0. The third-order valence-electron chi connectivity index (χ3n) is 6.50. The van der Waals surface area contributed by atoms with Gasteiger partial charge in [-0.3, -0.25) is 0 Å². The van der Waals surface area contributed by atoms with Gasteiger partial charge in [0.1, 0.15) is 25.4 Å². The molecule has 3 atom stereocenters. The van der Waals surface area contributed by atoms with E-state index < -0.39 is 30.4 Å². The molecule has 0 spiro atoms. The maximum absolute atomic E-state index is 13.1.